The van der Waals surface area contributed by atoms with Gasteiger partial charge in [-0.3, -0.25) is 0 Å². The molecule has 0 aliphatic heterocycles. The van der Waals surface area contributed by atoms with Gasteiger partial charge in [0.05, 0.1) is 0 Å². The van der Waals surface area contributed by atoms with E-state index in [4.69, 9.17) is 10.2 Å². The van der Waals surface area contributed by atoms with E-state index in [9.17, 15) is 0 Å². The second-order valence-electron chi connectivity index (χ2n) is 3.81. The maximum absolute atomic E-state index is 5.46. The Kier molecular flexibility index (Phi) is 2.46. The van der Waals surface area contributed by atoms with Crippen molar-refractivity contribution < 1.29 is 4.42 Å². The summed E-state index contributed by atoms with van der Waals surface area (Å²) in [5, 5.41) is 0. The zero-order valence-electron chi connectivity index (χ0n) is 8.90. The molecule has 0 aliphatic carbocycles. The van der Waals surface area contributed by atoms with E-state index >= 15 is 0 Å². The smallest absolute Gasteiger partial charge is 0.292 e. The normalized spacial score (nSPS) is 10.9. The SMILES string of the molecule is CC(C)c1ccccc1-c1coc(N)n1. The number of nitrogens with zero attached hydrogens (tertiary/aromatic N) is 1. The molecule has 15 heavy (non-hydrogen) atoms. The van der Waals surface area contributed by atoms with Crippen molar-refractivity contribution in [1.29, 1.82) is 0 Å². The van der Waals surface area contributed by atoms with Crippen molar-refractivity contribution in [3.63, 3.8) is 0 Å². The van der Waals surface area contributed by atoms with Crippen LogP contribution in [0.3, 0.4) is 0 Å². The highest BCUT2D eigenvalue weighted by Gasteiger charge is 2.10. The van der Waals surface area contributed by atoms with Crippen molar-refractivity contribution in [2.75, 3.05) is 5.73 Å². The molecular formula is C12H14N2O. The van der Waals surface area contributed by atoms with Crippen LogP contribution in [0.2, 0.25) is 0 Å². The molecule has 0 fully saturated rings. The van der Waals surface area contributed by atoms with Gasteiger partial charge < -0.3 is 10.2 Å². The first-order valence-corrected chi connectivity index (χ1v) is 4.99. The number of hydrogen-bond acceptors (Lipinski definition) is 3. The highest BCUT2D eigenvalue weighted by atomic mass is 16.4. The van der Waals surface area contributed by atoms with Crippen LogP contribution in [-0.4, -0.2) is 4.98 Å². The summed E-state index contributed by atoms with van der Waals surface area (Å²) in [4.78, 5) is 4.14. The van der Waals surface area contributed by atoms with Crippen LogP contribution in [0.5, 0.6) is 0 Å². The maximum Gasteiger partial charge on any atom is 0.292 e. The number of benzene rings is 1. The summed E-state index contributed by atoms with van der Waals surface area (Å²) >= 11 is 0. The van der Waals surface area contributed by atoms with Gasteiger partial charge in [0.2, 0.25) is 0 Å². The second kappa shape index (κ2) is 3.77. The summed E-state index contributed by atoms with van der Waals surface area (Å²) < 4.78 is 5.02. The second-order valence-corrected chi connectivity index (χ2v) is 3.81. The maximum atomic E-state index is 5.46. The molecule has 1 heterocycles. The lowest BCUT2D eigenvalue weighted by Crippen LogP contribution is -1.92. The first-order valence-electron chi connectivity index (χ1n) is 4.99. The fourth-order valence-corrected chi connectivity index (χ4v) is 1.65. The van der Waals surface area contributed by atoms with Gasteiger partial charge in [-0.05, 0) is 11.5 Å². The summed E-state index contributed by atoms with van der Waals surface area (Å²) in [5.41, 5.74) is 8.61. The molecule has 1 aromatic heterocycles. The minimum absolute atomic E-state index is 0.212. The summed E-state index contributed by atoms with van der Waals surface area (Å²) in [6.07, 6.45) is 1.59. The summed E-state index contributed by atoms with van der Waals surface area (Å²) in [6.45, 7) is 4.31. The predicted octanol–water partition coefficient (Wildman–Crippen LogP) is 3.05. The van der Waals surface area contributed by atoms with Crippen LogP contribution in [0.4, 0.5) is 6.01 Å². The van der Waals surface area contributed by atoms with E-state index in [1.165, 1.54) is 5.56 Å². The van der Waals surface area contributed by atoms with Gasteiger partial charge in [0.25, 0.3) is 6.01 Å². The molecule has 78 valence electrons. The van der Waals surface area contributed by atoms with Crippen LogP contribution in [0.25, 0.3) is 11.3 Å². The fourth-order valence-electron chi connectivity index (χ4n) is 1.65. The average Bonchev–Trinajstić information content (AvgIpc) is 2.65. The van der Waals surface area contributed by atoms with Crippen LogP contribution in [0, 0.1) is 0 Å². The number of hydrogen-bond donors (Lipinski definition) is 1. The highest BCUT2D eigenvalue weighted by molar-refractivity contribution is 5.64. The lowest BCUT2D eigenvalue weighted by atomic mass is 9.96. The van der Waals surface area contributed by atoms with Gasteiger partial charge >= 0.3 is 0 Å². The largest absolute Gasteiger partial charge is 0.432 e. The predicted molar refractivity (Wildman–Crippen MR) is 60.4 cm³/mol. The molecule has 0 radical (unpaired) electrons. The summed E-state index contributed by atoms with van der Waals surface area (Å²) in [5.74, 6) is 0.458. The van der Waals surface area contributed by atoms with Gasteiger partial charge in [-0.15, -0.1) is 0 Å². The molecule has 0 unspecified atom stereocenters. The van der Waals surface area contributed by atoms with E-state index in [0.717, 1.165) is 11.3 Å². The zero-order chi connectivity index (χ0) is 10.8. The molecule has 0 amide bonds. The molecule has 0 saturated heterocycles. The van der Waals surface area contributed by atoms with Gasteiger partial charge in [0, 0.05) is 5.56 Å². The molecule has 0 saturated carbocycles. The minimum Gasteiger partial charge on any atom is -0.432 e. The molecule has 0 aliphatic rings. The lowest BCUT2D eigenvalue weighted by molar-refractivity contribution is 0.581. The third-order valence-corrected chi connectivity index (χ3v) is 2.38. The van der Waals surface area contributed by atoms with Crippen molar-refractivity contribution in [2.45, 2.75) is 19.8 Å². The van der Waals surface area contributed by atoms with Crippen molar-refractivity contribution >= 4 is 6.01 Å². The fraction of sp³-hybridized carbons (Fsp3) is 0.250. The van der Waals surface area contributed by atoms with Crippen LogP contribution in [-0.2, 0) is 0 Å². The monoisotopic (exact) mass is 202 g/mol. The van der Waals surface area contributed by atoms with E-state index in [0.29, 0.717) is 5.92 Å². The zero-order valence-corrected chi connectivity index (χ0v) is 8.90. The third-order valence-electron chi connectivity index (χ3n) is 2.38. The Hall–Kier alpha value is -1.77. The number of rotatable bonds is 2. The molecule has 2 aromatic rings. The molecule has 2 N–H and O–H groups in total. The molecule has 3 nitrogen and oxygen atoms in total. The van der Waals surface area contributed by atoms with Crippen LogP contribution in [0.1, 0.15) is 25.3 Å². The number of nitrogen functional groups attached to an aromatic ring is 1. The van der Waals surface area contributed by atoms with E-state index < -0.39 is 0 Å². The van der Waals surface area contributed by atoms with E-state index in [-0.39, 0.29) is 6.01 Å². The third kappa shape index (κ3) is 1.86. The van der Waals surface area contributed by atoms with Crippen molar-refractivity contribution in [2.24, 2.45) is 0 Å². The Morgan fingerprint density at radius 3 is 2.60 bits per heavy atom. The Bertz CT molecular complexity index is 460. The number of aromatic nitrogens is 1. The molecule has 2 rings (SSSR count). The van der Waals surface area contributed by atoms with E-state index in [2.05, 4.69) is 24.9 Å². The van der Waals surface area contributed by atoms with Gasteiger partial charge in [-0.2, -0.15) is 4.98 Å². The first-order chi connectivity index (χ1) is 7.18. The lowest BCUT2D eigenvalue weighted by Gasteiger charge is -2.09. The van der Waals surface area contributed by atoms with Gasteiger partial charge in [-0.1, -0.05) is 38.1 Å². The Morgan fingerprint density at radius 2 is 2.00 bits per heavy atom. The summed E-state index contributed by atoms with van der Waals surface area (Å²) in [6, 6.07) is 8.37. The topological polar surface area (TPSA) is 52.0 Å². The molecule has 0 spiro atoms. The molecule has 0 atom stereocenters. The number of anilines is 1. The number of nitrogens with two attached hydrogens (primary N) is 1. The minimum atomic E-state index is 0.212. The Morgan fingerprint density at radius 1 is 1.27 bits per heavy atom. The van der Waals surface area contributed by atoms with Gasteiger partial charge in [0.15, 0.2) is 0 Å². The van der Waals surface area contributed by atoms with Crippen molar-refractivity contribution in [1.82, 2.24) is 4.98 Å². The van der Waals surface area contributed by atoms with Crippen molar-refractivity contribution in [3.8, 4) is 11.3 Å². The van der Waals surface area contributed by atoms with Crippen molar-refractivity contribution in [3.05, 3.63) is 36.1 Å². The number of oxazole rings is 1. The summed E-state index contributed by atoms with van der Waals surface area (Å²) in [7, 11) is 0. The molecular weight excluding hydrogens is 188 g/mol. The standard InChI is InChI=1S/C12H14N2O/c1-8(2)9-5-3-4-6-10(9)11-7-15-12(13)14-11/h3-8H,1-2H3,(H2,13,14). The first kappa shape index (κ1) is 9.77. The molecule has 3 heteroatoms. The average molecular weight is 202 g/mol. The van der Waals surface area contributed by atoms with Crippen LogP contribution < -0.4 is 5.73 Å². The van der Waals surface area contributed by atoms with Gasteiger partial charge in [-0.25, -0.2) is 0 Å². The highest BCUT2D eigenvalue weighted by Crippen LogP contribution is 2.28. The Balaban J connectivity index is 2.52. The van der Waals surface area contributed by atoms with E-state index in [1.807, 2.05) is 18.2 Å². The Labute approximate surface area is 88.9 Å². The molecule has 0 bridgehead atoms. The van der Waals surface area contributed by atoms with Crippen LogP contribution in [0.15, 0.2) is 34.9 Å². The quantitative estimate of drug-likeness (QED) is 0.814. The van der Waals surface area contributed by atoms with E-state index in [1.54, 1.807) is 6.26 Å². The van der Waals surface area contributed by atoms with Gasteiger partial charge in [0.1, 0.15) is 12.0 Å². The van der Waals surface area contributed by atoms with Crippen LogP contribution >= 0.6 is 0 Å². The molecule has 1 aromatic carbocycles.